The first kappa shape index (κ1) is 22.8. The molecule has 1 N–H and O–H groups in total. The highest BCUT2D eigenvalue weighted by atomic mass is 16.5. The van der Waals surface area contributed by atoms with Gasteiger partial charge in [-0.25, -0.2) is 0 Å². The van der Waals surface area contributed by atoms with Crippen LogP contribution in [-0.4, -0.2) is 43.6 Å². The molecule has 0 spiro atoms. The summed E-state index contributed by atoms with van der Waals surface area (Å²) in [6.07, 6.45) is 1.58. The van der Waals surface area contributed by atoms with Crippen molar-refractivity contribution >= 4 is 0 Å². The first-order valence-electron chi connectivity index (χ1n) is 10.5. The molecule has 8 nitrogen and oxygen atoms in total. The fraction of sp³-hybridized carbons (Fsp3) is 0.192. The van der Waals surface area contributed by atoms with E-state index in [1.54, 1.807) is 25.4 Å². The number of ether oxygens (including phenoxy) is 5. The van der Waals surface area contributed by atoms with E-state index in [1.165, 1.54) is 21.3 Å². The van der Waals surface area contributed by atoms with Gasteiger partial charge in [-0.3, -0.25) is 0 Å². The number of methoxy groups -OCH3 is 4. The molecule has 0 atom stereocenters. The lowest BCUT2D eigenvalue weighted by Crippen LogP contribution is -2.00. The van der Waals surface area contributed by atoms with Crippen LogP contribution < -0.4 is 23.7 Å². The van der Waals surface area contributed by atoms with Gasteiger partial charge in [0.15, 0.2) is 23.0 Å². The van der Waals surface area contributed by atoms with E-state index in [4.69, 9.17) is 23.7 Å². The van der Waals surface area contributed by atoms with E-state index >= 15 is 0 Å². The van der Waals surface area contributed by atoms with Crippen molar-refractivity contribution in [2.45, 2.75) is 6.61 Å². The van der Waals surface area contributed by atoms with Crippen LogP contribution in [0.2, 0.25) is 0 Å². The predicted molar refractivity (Wildman–Crippen MR) is 127 cm³/mol. The number of rotatable bonds is 9. The Morgan fingerprint density at radius 1 is 0.735 bits per heavy atom. The first-order chi connectivity index (χ1) is 16.6. The highest BCUT2D eigenvalue weighted by Gasteiger charge is 2.21. The number of nitrogens with zero attached hydrogens (tertiary/aromatic N) is 2. The van der Waals surface area contributed by atoms with Gasteiger partial charge >= 0.3 is 0 Å². The standard InChI is InChI=1S/C26H26N2O6/c1-30-21-11-10-18(12-22(21)34-16-17-8-6-5-7-9-17)20-15-27-28(29)25(20)19-13-23(31-2)26(33-4)24(14-19)32-3/h5-15,29H,16H2,1-4H3. The quantitative estimate of drug-likeness (QED) is 0.348. The average Bonchev–Trinajstić information content (AvgIpc) is 3.28. The third kappa shape index (κ3) is 4.43. The van der Waals surface area contributed by atoms with Gasteiger partial charge in [-0.05, 0) is 35.4 Å². The zero-order chi connectivity index (χ0) is 24.1. The fourth-order valence-corrected chi connectivity index (χ4v) is 3.73. The van der Waals surface area contributed by atoms with Gasteiger partial charge in [-0.2, -0.15) is 0 Å². The van der Waals surface area contributed by atoms with Gasteiger partial charge in [-0.15, -0.1) is 9.94 Å². The van der Waals surface area contributed by atoms with Gasteiger partial charge in [0.05, 0.1) is 34.6 Å². The summed E-state index contributed by atoms with van der Waals surface area (Å²) in [7, 11) is 6.21. The summed E-state index contributed by atoms with van der Waals surface area (Å²) in [5.41, 5.74) is 3.60. The van der Waals surface area contributed by atoms with Crippen molar-refractivity contribution in [1.29, 1.82) is 0 Å². The molecule has 4 aromatic rings. The van der Waals surface area contributed by atoms with Crippen LogP contribution >= 0.6 is 0 Å². The van der Waals surface area contributed by atoms with Crippen LogP contribution in [0.4, 0.5) is 0 Å². The van der Waals surface area contributed by atoms with Crippen molar-refractivity contribution in [2.75, 3.05) is 28.4 Å². The summed E-state index contributed by atoms with van der Waals surface area (Å²) in [4.78, 5) is 0.824. The zero-order valence-corrected chi connectivity index (χ0v) is 19.4. The molecule has 1 heterocycles. The molecule has 0 radical (unpaired) electrons. The van der Waals surface area contributed by atoms with Crippen LogP contribution in [0.1, 0.15) is 5.56 Å². The van der Waals surface area contributed by atoms with Crippen LogP contribution in [-0.2, 0) is 6.61 Å². The van der Waals surface area contributed by atoms with Crippen molar-refractivity contribution in [3.8, 4) is 51.1 Å². The molecule has 0 fully saturated rings. The summed E-state index contributed by atoms with van der Waals surface area (Å²) in [6, 6.07) is 19.0. The highest BCUT2D eigenvalue weighted by molar-refractivity contribution is 5.83. The van der Waals surface area contributed by atoms with Crippen molar-refractivity contribution in [1.82, 2.24) is 9.94 Å². The molecule has 0 saturated carbocycles. The maximum atomic E-state index is 10.6. The monoisotopic (exact) mass is 462 g/mol. The average molecular weight is 463 g/mol. The predicted octanol–water partition coefficient (Wildman–Crippen LogP) is 5.07. The van der Waals surface area contributed by atoms with Gasteiger partial charge in [0.2, 0.25) is 5.75 Å². The zero-order valence-electron chi connectivity index (χ0n) is 19.4. The summed E-state index contributed by atoms with van der Waals surface area (Å²) in [5.74, 6) is 2.56. The van der Waals surface area contributed by atoms with Crippen LogP contribution in [0.5, 0.6) is 28.7 Å². The van der Waals surface area contributed by atoms with Gasteiger partial charge in [-0.1, -0.05) is 36.4 Å². The van der Waals surface area contributed by atoms with E-state index < -0.39 is 0 Å². The Kier molecular flexibility index (Phi) is 6.77. The summed E-state index contributed by atoms with van der Waals surface area (Å²) >= 11 is 0. The van der Waals surface area contributed by atoms with Gasteiger partial charge in [0, 0.05) is 11.1 Å². The molecule has 0 bridgehead atoms. The molecule has 176 valence electrons. The Morgan fingerprint density at radius 2 is 1.38 bits per heavy atom. The first-order valence-corrected chi connectivity index (χ1v) is 10.5. The third-order valence-corrected chi connectivity index (χ3v) is 5.40. The minimum absolute atomic E-state index is 0.389. The van der Waals surface area contributed by atoms with Crippen molar-refractivity contribution in [2.24, 2.45) is 0 Å². The Morgan fingerprint density at radius 3 is 2.00 bits per heavy atom. The lowest BCUT2D eigenvalue weighted by Gasteiger charge is -2.15. The van der Waals surface area contributed by atoms with Crippen LogP contribution in [0.25, 0.3) is 22.4 Å². The molecule has 0 aliphatic rings. The van der Waals surface area contributed by atoms with Gasteiger partial charge in [0.25, 0.3) is 0 Å². The Bertz CT molecular complexity index is 1240. The maximum Gasteiger partial charge on any atom is 0.203 e. The number of hydrogen-bond donors (Lipinski definition) is 1. The molecule has 1 aromatic heterocycles. The molecule has 8 heteroatoms. The van der Waals surface area contributed by atoms with E-state index in [-0.39, 0.29) is 0 Å². The second-order valence-corrected chi connectivity index (χ2v) is 7.35. The Hall–Kier alpha value is -4.33. The normalized spacial score (nSPS) is 10.6. The second kappa shape index (κ2) is 10.1. The molecular formula is C26H26N2O6. The molecule has 0 aliphatic heterocycles. The molecule has 4 rings (SSSR count). The molecule has 34 heavy (non-hydrogen) atoms. The Labute approximate surface area is 197 Å². The topological polar surface area (TPSA) is 84.2 Å². The fourth-order valence-electron chi connectivity index (χ4n) is 3.73. The molecule has 0 saturated heterocycles. The molecule has 3 aromatic carbocycles. The lowest BCUT2D eigenvalue weighted by molar-refractivity contribution is 0.153. The van der Waals surface area contributed by atoms with E-state index in [2.05, 4.69) is 5.10 Å². The minimum Gasteiger partial charge on any atom is -0.493 e. The van der Waals surface area contributed by atoms with Crippen LogP contribution in [0.15, 0.2) is 66.9 Å². The Balaban J connectivity index is 1.76. The van der Waals surface area contributed by atoms with Crippen molar-refractivity contribution < 1.29 is 28.9 Å². The number of hydrogen-bond acceptors (Lipinski definition) is 7. The molecule has 0 amide bonds. The van der Waals surface area contributed by atoms with Gasteiger partial charge < -0.3 is 28.9 Å². The number of aromatic nitrogens is 2. The van der Waals surface area contributed by atoms with Crippen molar-refractivity contribution in [3.63, 3.8) is 0 Å². The maximum absolute atomic E-state index is 10.6. The largest absolute Gasteiger partial charge is 0.493 e. The van der Waals surface area contributed by atoms with E-state index in [0.717, 1.165) is 16.0 Å². The molecule has 0 unspecified atom stereocenters. The highest BCUT2D eigenvalue weighted by Crippen LogP contribution is 2.44. The van der Waals surface area contributed by atoms with E-state index in [1.807, 2.05) is 48.5 Å². The van der Waals surface area contributed by atoms with Gasteiger partial charge in [0.1, 0.15) is 12.3 Å². The van der Waals surface area contributed by atoms with E-state index in [0.29, 0.717) is 52.2 Å². The smallest absolute Gasteiger partial charge is 0.203 e. The summed E-state index contributed by atoms with van der Waals surface area (Å²) < 4.78 is 27.9. The summed E-state index contributed by atoms with van der Waals surface area (Å²) in [6.45, 7) is 0.389. The molecular weight excluding hydrogens is 436 g/mol. The van der Waals surface area contributed by atoms with Crippen LogP contribution in [0.3, 0.4) is 0 Å². The summed E-state index contributed by atoms with van der Waals surface area (Å²) in [5, 5.41) is 14.6. The van der Waals surface area contributed by atoms with Crippen LogP contribution in [0, 0.1) is 0 Å². The third-order valence-electron chi connectivity index (χ3n) is 5.40. The van der Waals surface area contributed by atoms with E-state index in [9.17, 15) is 5.21 Å². The SMILES string of the molecule is COc1ccc(-c2cnn(O)c2-c2cc(OC)c(OC)c(OC)c2)cc1OCc1ccccc1. The number of benzene rings is 3. The van der Waals surface area contributed by atoms with Crippen molar-refractivity contribution in [3.05, 3.63) is 72.4 Å². The molecule has 0 aliphatic carbocycles. The second-order valence-electron chi connectivity index (χ2n) is 7.35. The minimum atomic E-state index is 0.389. The lowest BCUT2D eigenvalue weighted by atomic mass is 10.0.